The first-order valence-electron chi connectivity index (χ1n) is 6.94. The van der Waals surface area contributed by atoms with Gasteiger partial charge in [-0.2, -0.15) is 0 Å². The number of amidine groups is 1. The molecule has 0 unspecified atom stereocenters. The molecule has 3 nitrogen and oxygen atoms in total. The quantitative estimate of drug-likeness (QED) is 0.843. The molecule has 0 radical (unpaired) electrons. The summed E-state index contributed by atoms with van der Waals surface area (Å²) in [4.78, 5) is 2.11. The fraction of sp³-hybridized carbons (Fsp3) is 0.235. The summed E-state index contributed by atoms with van der Waals surface area (Å²) in [5.41, 5.74) is 2.32. The molecule has 1 aliphatic heterocycles. The van der Waals surface area contributed by atoms with Gasteiger partial charge in [-0.05, 0) is 24.1 Å². The lowest BCUT2D eigenvalue weighted by Crippen LogP contribution is -2.26. The van der Waals surface area contributed by atoms with E-state index in [2.05, 4.69) is 11.0 Å². The predicted molar refractivity (Wildman–Crippen MR) is 80.2 cm³/mol. The number of ether oxygens (including phenoxy) is 1. The van der Waals surface area contributed by atoms with Crippen molar-refractivity contribution in [3.8, 4) is 5.75 Å². The largest absolute Gasteiger partial charge is 0.494 e. The van der Waals surface area contributed by atoms with E-state index in [1.807, 2.05) is 48.5 Å². The zero-order chi connectivity index (χ0) is 13.8. The number of nitrogens with zero attached hydrogens (tertiary/aromatic N) is 1. The van der Waals surface area contributed by atoms with Gasteiger partial charge in [0.2, 0.25) is 0 Å². The van der Waals surface area contributed by atoms with Crippen LogP contribution in [0.4, 0.5) is 0 Å². The minimum absolute atomic E-state index is 0.639. The van der Waals surface area contributed by atoms with E-state index in [0.29, 0.717) is 12.4 Å². The molecule has 3 heteroatoms. The molecule has 0 aromatic heterocycles. The fourth-order valence-electron chi connectivity index (χ4n) is 2.50. The molecule has 0 aliphatic carbocycles. The van der Waals surface area contributed by atoms with E-state index in [1.54, 1.807) is 0 Å². The number of rotatable bonds is 5. The van der Waals surface area contributed by atoms with Crippen LogP contribution >= 0.6 is 0 Å². The van der Waals surface area contributed by atoms with Crippen LogP contribution in [0.15, 0.2) is 54.6 Å². The first kappa shape index (κ1) is 12.7. The molecule has 102 valence electrons. The lowest BCUT2D eigenvalue weighted by Gasteiger charge is -2.17. The monoisotopic (exact) mass is 266 g/mol. The number of nitrogens with one attached hydrogen (secondary N) is 1. The van der Waals surface area contributed by atoms with Crippen LogP contribution in [0.3, 0.4) is 0 Å². The second-order valence-electron chi connectivity index (χ2n) is 4.94. The maximum absolute atomic E-state index is 8.17. The number of hydrogen-bond donors (Lipinski definition) is 1. The van der Waals surface area contributed by atoms with E-state index < -0.39 is 0 Å². The smallest absolute Gasteiger partial charge is 0.128 e. The van der Waals surface area contributed by atoms with E-state index in [0.717, 1.165) is 30.8 Å². The average molecular weight is 266 g/mol. The predicted octanol–water partition coefficient (Wildman–Crippen LogP) is 3.30. The van der Waals surface area contributed by atoms with Crippen LogP contribution in [0.25, 0.3) is 0 Å². The minimum Gasteiger partial charge on any atom is -0.494 e. The fourth-order valence-corrected chi connectivity index (χ4v) is 2.50. The number of para-hydroxylation sites is 1. The molecular weight excluding hydrogens is 248 g/mol. The molecule has 0 saturated heterocycles. The van der Waals surface area contributed by atoms with Crippen LogP contribution in [-0.4, -0.2) is 23.9 Å². The Morgan fingerprint density at radius 3 is 2.55 bits per heavy atom. The maximum Gasteiger partial charge on any atom is 0.128 e. The van der Waals surface area contributed by atoms with Crippen LogP contribution in [0.2, 0.25) is 0 Å². The first-order chi connectivity index (χ1) is 9.84. The van der Waals surface area contributed by atoms with E-state index in [1.165, 1.54) is 5.56 Å². The molecule has 1 aliphatic rings. The molecule has 2 aromatic carbocycles. The van der Waals surface area contributed by atoms with Gasteiger partial charge in [-0.15, -0.1) is 0 Å². The lowest BCUT2D eigenvalue weighted by molar-refractivity contribution is 0.286. The van der Waals surface area contributed by atoms with Crippen LogP contribution in [0, 0.1) is 5.41 Å². The van der Waals surface area contributed by atoms with Gasteiger partial charge < -0.3 is 9.64 Å². The Hall–Kier alpha value is -2.29. The third-order valence-electron chi connectivity index (χ3n) is 3.53. The van der Waals surface area contributed by atoms with Gasteiger partial charge in [0.25, 0.3) is 0 Å². The first-order valence-corrected chi connectivity index (χ1v) is 6.94. The summed E-state index contributed by atoms with van der Waals surface area (Å²) in [5.74, 6) is 1.55. The second kappa shape index (κ2) is 5.78. The van der Waals surface area contributed by atoms with E-state index >= 15 is 0 Å². The van der Waals surface area contributed by atoms with Crippen molar-refractivity contribution in [1.29, 1.82) is 5.41 Å². The topological polar surface area (TPSA) is 36.3 Å². The Morgan fingerprint density at radius 1 is 1.00 bits per heavy atom. The molecule has 0 amide bonds. The summed E-state index contributed by atoms with van der Waals surface area (Å²) in [5, 5.41) is 8.17. The van der Waals surface area contributed by atoms with Crippen LogP contribution < -0.4 is 4.74 Å². The third-order valence-corrected chi connectivity index (χ3v) is 3.53. The molecule has 0 spiro atoms. The molecular formula is C17H18N2O. The molecule has 0 fully saturated rings. The van der Waals surface area contributed by atoms with Crippen molar-refractivity contribution in [2.75, 3.05) is 13.2 Å². The van der Waals surface area contributed by atoms with E-state index in [9.17, 15) is 0 Å². The Balaban J connectivity index is 1.48. The Morgan fingerprint density at radius 2 is 1.75 bits per heavy atom. The molecule has 2 aromatic rings. The minimum atomic E-state index is 0.639. The van der Waals surface area contributed by atoms with Crippen molar-refractivity contribution < 1.29 is 4.74 Å². The molecule has 0 atom stereocenters. The zero-order valence-electron chi connectivity index (χ0n) is 11.4. The number of fused-ring (bicyclic) bond motifs is 1. The van der Waals surface area contributed by atoms with Gasteiger partial charge in [-0.3, -0.25) is 5.41 Å². The van der Waals surface area contributed by atoms with E-state index in [-0.39, 0.29) is 0 Å². The molecule has 1 heterocycles. The molecule has 0 saturated carbocycles. The summed E-state index contributed by atoms with van der Waals surface area (Å²) < 4.78 is 5.68. The normalized spacial score (nSPS) is 13.4. The second-order valence-corrected chi connectivity index (χ2v) is 4.94. The Kier molecular flexibility index (Phi) is 3.68. The highest BCUT2D eigenvalue weighted by Crippen LogP contribution is 2.22. The summed E-state index contributed by atoms with van der Waals surface area (Å²) in [7, 11) is 0. The van der Waals surface area contributed by atoms with Crippen molar-refractivity contribution >= 4 is 5.84 Å². The summed E-state index contributed by atoms with van der Waals surface area (Å²) in [6, 6.07) is 18.0. The highest BCUT2D eigenvalue weighted by Gasteiger charge is 2.22. The number of hydrogen-bond acceptors (Lipinski definition) is 2. The van der Waals surface area contributed by atoms with Crippen molar-refractivity contribution in [2.45, 2.75) is 13.0 Å². The van der Waals surface area contributed by atoms with E-state index in [4.69, 9.17) is 10.1 Å². The highest BCUT2D eigenvalue weighted by atomic mass is 16.5. The third kappa shape index (κ3) is 2.67. The Bertz CT molecular complexity index is 595. The van der Waals surface area contributed by atoms with Crippen molar-refractivity contribution in [2.24, 2.45) is 0 Å². The molecule has 1 N–H and O–H groups in total. The van der Waals surface area contributed by atoms with Gasteiger partial charge in [-0.1, -0.05) is 42.5 Å². The molecule has 20 heavy (non-hydrogen) atoms. The van der Waals surface area contributed by atoms with Gasteiger partial charge >= 0.3 is 0 Å². The van der Waals surface area contributed by atoms with Gasteiger partial charge in [0.1, 0.15) is 11.6 Å². The summed E-state index contributed by atoms with van der Waals surface area (Å²) >= 11 is 0. The summed E-state index contributed by atoms with van der Waals surface area (Å²) in [6.45, 7) is 2.39. The molecule has 0 bridgehead atoms. The van der Waals surface area contributed by atoms with Crippen LogP contribution in [-0.2, 0) is 6.54 Å². The number of benzene rings is 2. The van der Waals surface area contributed by atoms with Gasteiger partial charge in [0.05, 0.1) is 6.61 Å². The standard InChI is InChI=1S/C17H18N2O/c18-17-16-10-5-4-7-14(16)13-19(17)11-6-12-20-15-8-2-1-3-9-15/h1-5,7-10,18H,6,11-13H2. The van der Waals surface area contributed by atoms with Crippen LogP contribution in [0.1, 0.15) is 17.5 Å². The molecule has 3 rings (SSSR count). The highest BCUT2D eigenvalue weighted by molar-refractivity contribution is 6.00. The average Bonchev–Trinajstić information content (AvgIpc) is 2.82. The van der Waals surface area contributed by atoms with Gasteiger partial charge in [-0.25, -0.2) is 0 Å². The SMILES string of the molecule is N=C1c2ccccc2CN1CCCOc1ccccc1. The van der Waals surface area contributed by atoms with Gasteiger partial charge in [0.15, 0.2) is 0 Å². The summed E-state index contributed by atoms with van der Waals surface area (Å²) in [6.07, 6.45) is 0.922. The van der Waals surface area contributed by atoms with Gasteiger partial charge in [0, 0.05) is 18.7 Å². The zero-order valence-corrected chi connectivity index (χ0v) is 11.4. The lowest BCUT2D eigenvalue weighted by atomic mass is 10.1. The van der Waals surface area contributed by atoms with Crippen molar-refractivity contribution in [1.82, 2.24) is 4.90 Å². The maximum atomic E-state index is 8.17. The van der Waals surface area contributed by atoms with Crippen LogP contribution in [0.5, 0.6) is 5.75 Å². The Labute approximate surface area is 119 Å². The van der Waals surface area contributed by atoms with Crippen molar-refractivity contribution in [3.63, 3.8) is 0 Å². The van der Waals surface area contributed by atoms with Crippen molar-refractivity contribution in [3.05, 3.63) is 65.7 Å².